The largest absolute Gasteiger partial charge is 0.307 e. The highest BCUT2D eigenvalue weighted by atomic mass is 15.0. The van der Waals surface area contributed by atoms with E-state index in [9.17, 15) is 0 Å². The lowest BCUT2D eigenvalue weighted by molar-refractivity contribution is 0.224. The minimum absolute atomic E-state index is 0.608. The molecule has 1 nitrogen and oxygen atoms in total. The molecule has 2 aliphatic rings. The van der Waals surface area contributed by atoms with E-state index in [2.05, 4.69) is 49.5 Å². The van der Waals surface area contributed by atoms with Gasteiger partial charge in [0.15, 0.2) is 0 Å². The number of rotatable bonds is 5. The Morgan fingerprint density at radius 1 is 0.850 bits per heavy atom. The Labute approximate surface area is 124 Å². The number of hydrogen-bond donors (Lipinski definition) is 1. The van der Waals surface area contributed by atoms with Crippen LogP contribution < -0.4 is 5.32 Å². The van der Waals surface area contributed by atoms with Crippen LogP contribution in [0.2, 0.25) is 0 Å². The second-order valence-corrected chi connectivity index (χ2v) is 7.25. The van der Waals surface area contributed by atoms with Crippen molar-refractivity contribution in [1.29, 1.82) is 0 Å². The van der Waals surface area contributed by atoms with Crippen LogP contribution in [-0.4, -0.2) is 6.04 Å². The summed E-state index contributed by atoms with van der Waals surface area (Å²) in [5.74, 6) is 2.72. The first kappa shape index (κ1) is 14.1. The Kier molecular flexibility index (Phi) is 4.45. The summed E-state index contributed by atoms with van der Waals surface area (Å²) in [7, 11) is 0. The van der Waals surface area contributed by atoms with Gasteiger partial charge < -0.3 is 5.32 Å². The molecule has 1 aromatic rings. The van der Waals surface area contributed by atoms with Gasteiger partial charge in [0.2, 0.25) is 0 Å². The molecule has 0 spiro atoms. The van der Waals surface area contributed by atoms with Gasteiger partial charge in [0, 0.05) is 12.1 Å². The van der Waals surface area contributed by atoms with Gasteiger partial charge in [0.05, 0.1) is 0 Å². The summed E-state index contributed by atoms with van der Waals surface area (Å²) in [6.07, 6.45) is 8.41. The van der Waals surface area contributed by atoms with Crippen LogP contribution in [-0.2, 0) is 0 Å². The fraction of sp³-hybridized carbons (Fsp3) is 0.684. The molecule has 20 heavy (non-hydrogen) atoms. The normalized spacial score (nSPS) is 28.6. The van der Waals surface area contributed by atoms with Gasteiger partial charge in [-0.25, -0.2) is 0 Å². The highest BCUT2D eigenvalue weighted by Crippen LogP contribution is 2.42. The van der Waals surface area contributed by atoms with Crippen molar-refractivity contribution in [2.24, 2.45) is 17.8 Å². The topological polar surface area (TPSA) is 12.0 Å². The van der Waals surface area contributed by atoms with Gasteiger partial charge in [-0.15, -0.1) is 0 Å². The molecule has 3 rings (SSSR count). The molecule has 2 saturated carbocycles. The Balaban J connectivity index is 1.58. The van der Waals surface area contributed by atoms with Crippen LogP contribution in [0.15, 0.2) is 30.3 Å². The average molecular weight is 271 g/mol. The van der Waals surface area contributed by atoms with Crippen molar-refractivity contribution in [2.45, 2.75) is 64.5 Å². The summed E-state index contributed by atoms with van der Waals surface area (Å²) in [4.78, 5) is 0. The van der Waals surface area contributed by atoms with Crippen molar-refractivity contribution in [3.63, 3.8) is 0 Å². The Morgan fingerprint density at radius 2 is 1.45 bits per heavy atom. The zero-order valence-electron chi connectivity index (χ0n) is 13.0. The van der Waals surface area contributed by atoms with Gasteiger partial charge in [0.1, 0.15) is 0 Å². The summed E-state index contributed by atoms with van der Waals surface area (Å²) in [5, 5.41) is 3.99. The van der Waals surface area contributed by atoms with E-state index in [-0.39, 0.29) is 0 Å². The van der Waals surface area contributed by atoms with Crippen molar-refractivity contribution in [1.82, 2.24) is 5.32 Å². The molecule has 0 radical (unpaired) electrons. The third kappa shape index (κ3) is 3.44. The van der Waals surface area contributed by atoms with E-state index >= 15 is 0 Å². The lowest BCUT2D eigenvalue weighted by Gasteiger charge is -2.34. The molecule has 0 amide bonds. The molecule has 2 fully saturated rings. The minimum atomic E-state index is 0.608. The Hall–Kier alpha value is -0.820. The van der Waals surface area contributed by atoms with Crippen molar-refractivity contribution < 1.29 is 0 Å². The highest BCUT2D eigenvalue weighted by molar-refractivity contribution is 5.21. The lowest BCUT2D eigenvalue weighted by Crippen LogP contribution is -2.37. The molecule has 0 heterocycles. The van der Waals surface area contributed by atoms with Crippen LogP contribution in [0.5, 0.6) is 0 Å². The van der Waals surface area contributed by atoms with Crippen LogP contribution in [0.25, 0.3) is 0 Å². The van der Waals surface area contributed by atoms with Crippen molar-refractivity contribution in [3.8, 4) is 0 Å². The molecule has 1 aromatic carbocycles. The van der Waals surface area contributed by atoms with Gasteiger partial charge in [-0.3, -0.25) is 0 Å². The predicted octanol–water partition coefficient (Wildman–Crippen LogP) is 4.94. The van der Waals surface area contributed by atoms with Crippen LogP contribution in [0, 0.1) is 17.8 Å². The van der Waals surface area contributed by atoms with Gasteiger partial charge in [-0.1, -0.05) is 44.2 Å². The maximum atomic E-state index is 3.99. The van der Waals surface area contributed by atoms with Crippen molar-refractivity contribution >= 4 is 0 Å². The molecule has 1 N–H and O–H groups in total. The third-order valence-electron chi connectivity index (χ3n) is 5.38. The Bertz CT molecular complexity index is 399. The number of benzene rings is 1. The molecule has 0 aliphatic heterocycles. The first-order valence-corrected chi connectivity index (χ1v) is 8.55. The molecule has 0 bridgehead atoms. The molecular formula is C19H29N. The van der Waals surface area contributed by atoms with E-state index in [0.717, 1.165) is 23.8 Å². The Morgan fingerprint density at radius 3 is 2.00 bits per heavy atom. The summed E-state index contributed by atoms with van der Waals surface area (Å²) in [6.45, 7) is 4.77. The van der Waals surface area contributed by atoms with E-state index in [1.54, 1.807) is 0 Å². The van der Waals surface area contributed by atoms with E-state index in [0.29, 0.717) is 6.04 Å². The zero-order valence-corrected chi connectivity index (χ0v) is 13.0. The first-order chi connectivity index (χ1) is 9.74. The van der Waals surface area contributed by atoms with E-state index in [1.165, 1.54) is 44.1 Å². The third-order valence-corrected chi connectivity index (χ3v) is 5.38. The van der Waals surface area contributed by atoms with Crippen LogP contribution in [0.1, 0.15) is 64.0 Å². The van der Waals surface area contributed by atoms with Crippen molar-refractivity contribution in [2.75, 3.05) is 0 Å². The maximum absolute atomic E-state index is 3.99. The van der Waals surface area contributed by atoms with E-state index in [1.807, 2.05) is 0 Å². The summed E-state index contributed by atoms with van der Waals surface area (Å²) in [5.41, 5.74) is 1.50. The zero-order chi connectivity index (χ0) is 13.9. The standard InChI is InChI=1S/C19H29N/c1-14(2)15-10-12-18(13-11-15)20-19(17-8-9-17)16-6-4-3-5-7-16/h3-7,14-15,17-20H,8-13H2,1-2H3. The van der Waals surface area contributed by atoms with Gasteiger partial charge in [0.25, 0.3) is 0 Å². The molecule has 110 valence electrons. The van der Waals surface area contributed by atoms with Crippen LogP contribution in [0.4, 0.5) is 0 Å². The molecule has 1 unspecified atom stereocenters. The number of nitrogens with one attached hydrogen (secondary N) is 1. The number of hydrogen-bond acceptors (Lipinski definition) is 1. The average Bonchev–Trinajstić information content (AvgIpc) is 3.31. The molecule has 0 saturated heterocycles. The highest BCUT2D eigenvalue weighted by Gasteiger charge is 2.34. The van der Waals surface area contributed by atoms with E-state index in [4.69, 9.17) is 0 Å². The van der Waals surface area contributed by atoms with Crippen LogP contribution in [0.3, 0.4) is 0 Å². The monoisotopic (exact) mass is 271 g/mol. The summed E-state index contributed by atoms with van der Waals surface area (Å²) < 4.78 is 0. The van der Waals surface area contributed by atoms with Gasteiger partial charge in [-0.2, -0.15) is 0 Å². The van der Waals surface area contributed by atoms with Gasteiger partial charge in [-0.05, 0) is 61.8 Å². The predicted molar refractivity (Wildman–Crippen MR) is 85.6 cm³/mol. The molecule has 0 aromatic heterocycles. The fourth-order valence-electron chi connectivity index (χ4n) is 3.80. The minimum Gasteiger partial charge on any atom is -0.307 e. The molecule has 1 heteroatoms. The quantitative estimate of drug-likeness (QED) is 0.799. The molecule has 2 aliphatic carbocycles. The summed E-state index contributed by atoms with van der Waals surface area (Å²) in [6, 6.07) is 12.4. The maximum Gasteiger partial charge on any atom is 0.0351 e. The lowest BCUT2D eigenvalue weighted by atomic mass is 9.79. The smallest absolute Gasteiger partial charge is 0.0351 e. The SMILES string of the molecule is CC(C)C1CCC(NC(c2ccccc2)C2CC2)CC1. The second-order valence-electron chi connectivity index (χ2n) is 7.25. The van der Waals surface area contributed by atoms with Crippen molar-refractivity contribution in [3.05, 3.63) is 35.9 Å². The summed E-state index contributed by atoms with van der Waals surface area (Å²) >= 11 is 0. The fourth-order valence-corrected chi connectivity index (χ4v) is 3.80. The molecule has 1 atom stereocenters. The second kappa shape index (κ2) is 6.30. The van der Waals surface area contributed by atoms with E-state index < -0.39 is 0 Å². The van der Waals surface area contributed by atoms with Gasteiger partial charge >= 0.3 is 0 Å². The van der Waals surface area contributed by atoms with Crippen LogP contribution >= 0.6 is 0 Å². The molecular weight excluding hydrogens is 242 g/mol. The first-order valence-electron chi connectivity index (χ1n) is 8.55.